The Morgan fingerprint density at radius 3 is 2.88 bits per heavy atom. The molecule has 0 N–H and O–H groups in total. The second-order valence-corrected chi connectivity index (χ2v) is 5.94. The zero-order chi connectivity index (χ0) is 16.9. The Labute approximate surface area is 140 Å². The maximum absolute atomic E-state index is 12.6. The monoisotopic (exact) mass is 347 g/mol. The van der Waals surface area contributed by atoms with Gasteiger partial charge in [0, 0.05) is 9.98 Å². The molecule has 0 aromatic carbocycles. The van der Waals surface area contributed by atoms with E-state index in [0.29, 0.717) is 18.8 Å². The van der Waals surface area contributed by atoms with Gasteiger partial charge in [-0.15, -0.1) is 11.3 Å². The normalized spacial score (nSPS) is 10.7. The average molecular weight is 347 g/mol. The highest BCUT2D eigenvalue weighted by Crippen LogP contribution is 2.15. The molecule has 0 radical (unpaired) electrons. The average Bonchev–Trinajstić information content (AvgIpc) is 3.29. The fourth-order valence-electron chi connectivity index (χ4n) is 2.10. The van der Waals surface area contributed by atoms with Gasteiger partial charge in [0.25, 0.3) is 0 Å². The molecule has 124 valence electrons. The highest BCUT2D eigenvalue weighted by atomic mass is 32.1. The molecule has 0 unspecified atom stereocenters. The molecule has 0 atom stereocenters. The zero-order valence-electron chi connectivity index (χ0n) is 12.4. The van der Waals surface area contributed by atoms with Crippen LogP contribution >= 0.6 is 11.3 Å². The standard InChI is InChI=1S/C14H13N5O4S/c20-13(9-18-10-15-14(16-18)19(21)22)17(7-11-3-1-5-23-11)8-12-4-2-6-24-12/h1-6,10H,7-9H2. The molecule has 0 saturated heterocycles. The van der Waals surface area contributed by atoms with Crippen LogP contribution in [0, 0.1) is 10.1 Å². The van der Waals surface area contributed by atoms with Crippen molar-refractivity contribution in [1.82, 2.24) is 19.7 Å². The third-order valence-corrected chi connectivity index (χ3v) is 4.05. The van der Waals surface area contributed by atoms with Gasteiger partial charge in [-0.05, 0) is 28.5 Å². The van der Waals surface area contributed by atoms with Crippen molar-refractivity contribution in [1.29, 1.82) is 0 Å². The molecule has 0 bridgehead atoms. The van der Waals surface area contributed by atoms with Crippen LogP contribution in [-0.4, -0.2) is 30.5 Å². The van der Waals surface area contributed by atoms with Crippen LogP contribution < -0.4 is 0 Å². The number of rotatable bonds is 7. The maximum atomic E-state index is 12.6. The number of nitro groups is 1. The topological polar surface area (TPSA) is 107 Å². The molecule has 9 nitrogen and oxygen atoms in total. The quantitative estimate of drug-likeness (QED) is 0.478. The van der Waals surface area contributed by atoms with Crippen LogP contribution in [-0.2, 0) is 24.4 Å². The molecule has 0 aliphatic heterocycles. The van der Waals surface area contributed by atoms with Gasteiger partial charge in [0.2, 0.25) is 12.2 Å². The first kappa shape index (κ1) is 15.9. The van der Waals surface area contributed by atoms with Gasteiger partial charge in [0.15, 0.2) is 0 Å². The molecular formula is C14H13N5O4S. The largest absolute Gasteiger partial charge is 0.490 e. The lowest BCUT2D eigenvalue weighted by Gasteiger charge is -2.20. The van der Waals surface area contributed by atoms with Gasteiger partial charge < -0.3 is 19.4 Å². The van der Waals surface area contributed by atoms with Crippen LogP contribution in [0.25, 0.3) is 0 Å². The lowest BCUT2D eigenvalue weighted by atomic mass is 10.3. The fraction of sp³-hybridized carbons (Fsp3) is 0.214. The molecule has 0 fully saturated rings. The van der Waals surface area contributed by atoms with E-state index in [2.05, 4.69) is 10.1 Å². The van der Waals surface area contributed by atoms with E-state index in [1.165, 1.54) is 6.33 Å². The van der Waals surface area contributed by atoms with Gasteiger partial charge >= 0.3 is 5.95 Å². The van der Waals surface area contributed by atoms with Crippen LogP contribution in [0.15, 0.2) is 46.7 Å². The third-order valence-electron chi connectivity index (χ3n) is 3.19. The number of aromatic nitrogens is 3. The van der Waals surface area contributed by atoms with Gasteiger partial charge in [-0.3, -0.25) is 4.79 Å². The van der Waals surface area contributed by atoms with E-state index < -0.39 is 10.9 Å². The van der Waals surface area contributed by atoms with Crippen molar-refractivity contribution in [3.63, 3.8) is 0 Å². The summed E-state index contributed by atoms with van der Waals surface area (Å²) in [6.45, 7) is 0.599. The van der Waals surface area contributed by atoms with Gasteiger partial charge in [-0.2, -0.15) is 4.68 Å². The van der Waals surface area contributed by atoms with E-state index >= 15 is 0 Å². The Kier molecular flexibility index (Phi) is 4.66. The predicted molar refractivity (Wildman–Crippen MR) is 84.0 cm³/mol. The van der Waals surface area contributed by atoms with Crippen LogP contribution in [0.2, 0.25) is 0 Å². The van der Waals surface area contributed by atoms with Crippen LogP contribution in [0.1, 0.15) is 10.6 Å². The van der Waals surface area contributed by atoms with Crippen molar-refractivity contribution in [3.05, 3.63) is 63.0 Å². The number of furan rings is 1. The Morgan fingerprint density at radius 2 is 2.25 bits per heavy atom. The first-order valence-electron chi connectivity index (χ1n) is 6.98. The number of amides is 1. The van der Waals surface area contributed by atoms with Gasteiger partial charge in [0.1, 0.15) is 12.3 Å². The highest BCUT2D eigenvalue weighted by molar-refractivity contribution is 7.09. The molecule has 24 heavy (non-hydrogen) atoms. The summed E-state index contributed by atoms with van der Waals surface area (Å²) in [4.78, 5) is 28.7. The minimum atomic E-state index is -0.701. The smallest absolute Gasteiger partial charge is 0.467 e. The lowest BCUT2D eigenvalue weighted by Crippen LogP contribution is -2.32. The second-order valence-electron chi connectivity index (χ2n) is 4.91. The summed E-state index contributed by atoms with van der Waals surface area (Å²) in [6.07, 6.45) is 2.72. The SMILES string of the molecule is O=C(Cn1cnc([N+](=O)[O-])n1)N(Cc1ccco1)Cc1cccs1. The molecule has 0 saturated carbocycles. The van der Waals surface area contributed by atoms with E-state index in [-0.39, 0.29) is 12.5 Å². The Balaban J connectivity index is 1.72. The van der Waals surface area contributed by atoms with Gasteiger partial charge in [-0.1, -0.05) is 11.1 Å². The molecular weight excluding hydrogens is 334 g/mol. The first-order valence-corrected chi connectivity index (χ1v) is 7.86. The van der Waals surface area contributed by atoms with Gasteiger partial charge in [-0.25, -0.2) is 0 Å². The number of thiophene rings is 1. The fourth-order valence-corrected chi connectivity index (χ4v) is 2.82. The Bertz CT molecular complexity index is 776. The van der Waals surface area contributed by atoms with Crippen molar-refractivity contribution in [2.45, 2.75) is 19.6 Å². The minimum absolute atomic E-state index is 0.132. The molecule has 10 heteroatoms. The summed E-state index contributed by atoms with van der Waals surface area (Å²) >= 11 is 1.55. The van der Waals surface area contributed by atoms with Gasteiger partial charge in [0.05, 0.1) is 19.4 Å². The highest BCUT2D eigenvalue weighted by Gasteiger charge is 2.20. The molecule has 0 spiro atoms. The van der Waals surface area contributed by atoms with E-state index in [1.54, 1.807) is 34.6 Å². The minimum Gasteiger partial charge on any atom is -0.467 e. The van der Waals surface area contributed by atoms with E-state index in [9.17, 15) is 14.9 Å². The molecule has 3 rings (SSSR count). The number of carbonyl (C=O) groups excluding carboxylic acids is 1. The number of hydrogen-bond acceptors (Lipinski definition) is 7. The second kappa shape index (κ2) is 7.04. The van der Waals surface area contributed by atoms with Crippen LogP contribution in [0.5, 0.6) is 0 Å². The van der Waals surface area contributed by atoms with Crippen molar-refractivity contribution < 1.29 is 14.1 Å². The van der Waals surface area contributed by atoms with E-state index in [1.807, 2.05) is 17.5 Å². The summed E-state index contributed by atoms with van der Waals surface area (Å²) in [6, 6.07) is 7.39. The molecule has 1 amide bonds. The van der Waals surface area contributed by atoms with Crippen LogP contribution in [0.4, 0.5) is 5.95 Å². The van der Waals surface area contributed by atoms with E-state index in [4.69, 9.17) is 4.42 Å². The molecule has 3 aromatic heterocycles. The van der Waals surface area contributed by atoms with Crippen LogP contribution in [0.3, 0.4) is 0 Å². The third kappa shape index (κ3) is 3.84. The summed E-state index contributed by atoms with van der Waals surface area (Å²) in [5, 5.41) is 16.2. The van der Waals surface area contributed by atoms with Crippen molar-refractivity contribution in [2.24, 2.45) is 0 Å². The first-order chi connectivity index (χ1) is 11.6. The van der Waals surface area contributed by atoms with Crippen molar-refractivity contribution >= 4 is 23.2 Å². The van der Waals surface area contributed by atoms with E-state index in [0.717, 1.165) is 9.56 Å². The molecule has 0 aliphatic carbocycles. The number of nitrogens with zero attached hydrogens (tertiary/aromatic N) is 5. The summed E-state index contributed by atoms with van der Waals surface area (Å²) < 4.78 is 6.46. The zero-order valence-corrected chi connectivity index (χ0v) is 13.3. The molecule has 0 aliphatic rings. The number of hydrogen-bond donors (Lipinski definition) is 0. The summed E-state index contributed by atoms with van der Waals surface area (Å²) in [5.41, 5.74) is 0. The Hall–Kier alpha value is -3.01. The Morgan fingerprint density at radius 1 is 1.38 bits per heavy atom. The van der Waals surface area contributed by atoms with Crippen molar-refractivity contribution in [2.75, 3.05) is 0 Å². The summed E-state index contributed by atoms with van der Waals surface area (Å²) in [5.74, 6) is -0.109. The maximum Gasteiger partial charge on any atom is 0.490 e. The number of carbonyl (C=O) groups is 1. The predicted octanol–water partition coefficient (Wildman–Crippen LogP) is 2.07. The summed E-state index contributed by atoms with van der Waals surface area (Å²) in [7, 11) is 0. The lowest BCUT2D eigenvalue weighted by molar-refractivity contribution is -0.394. The molecule has 3 aromatic rings. The molecule has 3 heterocycles. The van der Waals surface area contributed by atoms with Crippen molar-refractivity contribution in [3.8, 4) is 0 Å².